The van der Waals surface area contributed by atoms with Crippen LogP contribution in [0.25, 0.3) is 0 Å². The smallest absolute Gasteiger partial charge is 0.251 e. The van der Waals surface area contributed by atoms with Crippen LogP contribution in [0, 0.1) is 6.92 Å². The summed E-state index contributed by atoms with van der Waals surface area (Å²) in [6.07, 6.45) is 0. The lowest BCUT2D eigenvalue weighted by Gasteiger charge is -2.14. The molecule has 2 N–H and O–H groups in total. The van der Waals surface area contributed by atoms with Crippen molar-refractivity contribution in [2.75, 3.05) is 34.4 Å². The van der Waals surface area contributed by atoms with Crippen LogP contribution in [0.15, 0.2) is 36.4 Å². The molecule has 0 bridgehead atoms. The van der Waals surface area contributed by atoms with Gasteiger partial charge in [0.15, 0.2) is 11.5 Å². The fourth-order valence-corrected chi connectivity index (χ4v) is 2.54. The fraction of sp³-hybridized carbons (Fsp3) is 0.350. The van der Waals surface area contributed by atoms with E-state index in [-0.39, 0.29) is 5.91 Å². The summed E-state index contributed by atoms with van der Waals surface area (Å²) in [4.78, 5) is 12.0. The van der Waals surface area contributed by atoms with Crippen molar-refractivity contribution in [1.82, 2.24) is 10.6 Å². The molecular weight excluding hydrogens is 332 g/mol. The van der Waals surface area contributed by atoms with Crippen LogP contribution in [-0.2, 0) is 6.54 Å². The molecule has 0 aliphatic heterocycles. The SMILES string of the molecule is COc1cc(CNCCNC(=O)c2ccc(C)cc2)cc(OC)c1OC. The van der Waals surface area contributed by atoms with Gasteiger partial charge in [0.2, 0.25) is 5.75 Å². The van der Waals surface area contributed by atoms with Gasteiger partial charge in [-0.1, -0.05) is 17.7 Å². The van der Waals surface area contributed by atoms with E-state index in [1.54, 1.807) is 21.3 Å². The molecule has 2 rings (SSSR count). The van der Waals surface area contributed by atoms with E-state index in [1.165, 1.54) is 0 Å². The molecule has 0 aliphatic rings. The number of carbonyl (C=O) groups excluding carboxylic acids is 1. The molecule has 0 radical (unpaired) electrons. The highest BCUT2D eigenvalue weighted by molar-refractivity contribution is 5.94. The minimum Gasteiger partial charge on any atom is -0.493 e. The molecule has 6 heteroatoms. The van der Waals surface area contributed by atoms with Gasteiger partial charge in [-0.05, 0) is 36.8 Å². The Hall–Kier alpha value is -2.73. The average Bonchev–Trinajstić information content (AvgIpc) is 2.67. The highest BCUT2D eigenvalue weighted by Crippen LogP contribution is 2.38. The van der Waals surface area contributed by atoms with E-state index in [4.69, 9.17) is 14.2 Å². The lowest BCUT2D eigenvalue weighted by Crippen LogP contribution is -2.31. The number of benzene rings is 2. The fourth-order valence-electron chi connectivity index (χ4n) is 2.54. The predicted molar refractivity (Wildman–Crippen MR) is 101 cm³/mol. The van der Waals surface area contributed by atoms with Gasteiger partial charge in [0.25, 0.3) is 5.91 Å². The van der Waals surface area contributed by atoms with Crippen LogP contribution in [0.4, 0.5) is 0 Å². The van der Waals surface area contributed by atoms with E-state index in [1.807, 2.05) is 43.3 Å². The molecule has 26 heavy (non-hydrogen) atoms. The molecule has 0 saturated heterocycles. The molecule has 0 spiro atoms. The maximum atomic E-state index is 12.0. The van der Waals surface area contributed by atoms with Crippen molar-refractivity contribution in [3.8, 4) is 17.2 Å². The van der Waals surface area contributed by atoms with E-state index in [2.05, 4.69) is 10.6 Å². The zero-order valence-electron chi connectivity index (χ0n) is 15.7. The summed E-state index contributed by atoms with van der Waals surface area (Å²) in [5.41, 5.74) is 2.80. The third-order valence-electron chi connectivity index (χ3n) is 3.95. The summed E-state index contributed by atoms with van der Waals surface area (Å²) in [6.45, 7) is 3.80. The number of hydrogen-bond donors (Lipinski definition) is 2. The van der Waals surface area contributed by atoms with Crippen LogP contribution in [0.1, 0.15) is 21.5 Å². The van der Waals surface area contributed by atoms with Gasteiger partial charge >= 0.3 is 0 Å². The summed E-state index contributed by atoms with van der Waals surface area (Å²) < 4.78 is 16.0. The molecule has 2 aromatic carbocycles. The zero-order chi connectivity index (χ0) is 18.9. The molecule has 2 aromatic rings. The Bertz CT molecular complexity index is 704. The first kappa shape index (κ1) is 19.6. The van der Waals surface area contributed by atoms with Crippen LogP contribution in [0.5, 0.6) is 17.2 Å². The molecule has 0 aromatic heterocycles. The summed E-state index contributed by atoms with van der Waals surface area (Å²) >= 11 is 0. The monoisotopic (exact) mass is 358 g/mol. The van der Waals surface area contributed by atoms with Crippen molar-refractivity contribution in [2.45, 2.75) is 13.5 Å². The molecular formula is C20H26N2O4. The zero-order valence-corrected chi connectivity index (χ0v) is 15.7. The number of ether oxygens (including phenoxy) is 3. The second-order valence-corrected chi connectivity index (χ2v) is 5.83. The highest BCUT2D eigenvalue weighted by Gasteiger charge is 2.12. The minimum absolute atomic E-state index is 0.0698. The molecule has 0 saturated carbocycles. The van der Waals surface area contributed by atoms with Crippen LogP contribution >= 0.6 is 0 Å². The van der Waals surface area contributed by atoms with Crippen molar-refractivity contribution >= 4 is 5.91 Å². The maximum absolute atomic E-state index is 12.0. The summed E-state index contributed by atoms with van der Waals surface area (Å²) in [6, 6.07) is 11.3. The Morgan fingerprint density at radius 1 is 0.923 bits per heavy atom. The lowest BCUT2D eigenvalue weighted by molar-refractivity contribution is 0.0954. The van der Waals surface area contributed by atoms with Crippen molar-refractivity contribution in [3.05, 3.63) is 53.1 Å². The topological polar surface area (TPSA) is 68.8 Å². The average molecular weight is 358 g/mol. The second kappa shape index (κ2) is 9.68. The van der Waals surface area contributed by atoms with E-state index in [0.717, 1.165) is 11.1 Å². The van der Waals surface area contributed by atoms with Crippen molar-refractivity contribution in [3.63, 3.8) is 0 Å². The second-order valence-electron chi connectivity index (χ2n) is 5.83. The first-order valence-electron chi connectivity index (χ1n) is 8.43. The van der Waals surface area contributed by atoms with Crippen molar-refractivity contribution in [1.29, 1.82) is 0 Å². The molecule has 0 atom stereocenters. The third kappa shape index (κ3) is 5.13. The summed E-state index contributed by atoms with van der Waals surface area (Å²) in [5.74, 6) is 1.75. The van der Waals surface area contributed by atoms with Crippen molar-refractivity contribution < 1.29 is 19.0 Å². The number of hydrogen-bond acceptors (Lipinski definition) is 5. The van der Waals surface area contributed by atoms with E-state index in [9.17, 15) is 4.79 Å². The van der Waals surface area contributed by atoms with Crippen LogP contribution in [0.3, 0.4) is 0 Å². The Kier molecular flexibility index (Phi) is 7.29. The molecule has 0 heterocycles. The Morgan fingerprint density at radius 3 is 2.08 bits per heavy atom. The van der Waals surface area contributed by atoms with Gasteiger partial charge in [-0.2, -0.15) is 0 Å². The van der Waals surface area contributed by atoms with Gasteiger partial charge in [0, 0.05) is 25.2 Å². The van der Waals surface area contributed by atoms with Gasteiger partial charge in [0.05, 0.1) is 21.3 Å². The highest BCUT2D eigenvalue weighted by atomic mass is 16.5. The van der Waals surface area contributed by atoms with E-state index < -0.39 is 0 Å². The number of methoxy groups -OCH3 is 3. The first-order chi connectivity index (χ1) is 12.6. The Labute approximate surface area is 154 Å². The normalized spacial score (nSPS) is 10.3. The minimum atomic E-state index is -0.0698. The van der Waals surface area contributed by atoms with Gasteiger partial charge < -0.3 is 24.8 Å². The van der Waals surface area contributed by atoms with Gasteiger partial charge in [0.1, 0.15) is 0 Å². The van der Waals surface area contributed by atoms with E-state index in [0.29, 0.717) is 42.4 Å². The van der Waals surface area contributed by atoms with E-state index >= 15 is 0 Å². The molecule has 140 valence electrons. The largest absolute Gasteiger partial charge is 0.493 e. The van der Waals surface area contributed by atoms with Crippen LogP contribution in [0.2, 0.25) is 0 Å². The quantitative estimate of drug-likeness (QED) is 0.674. The van der Waals surface area contributed by atoms with Crippen LogP contribution in [-0.4, -0.2) is 40.3 Å². The number of nitrogens with one attached hydrogen (secondary N) is 2. The number of amides is 1. The Morgan fingerprint density at radius 2 is 1.54 bits per heavy atom. The number of carbonyl (C=O) groups is 1. The molecule has 0 unspecified atom stereocenters. The maximum Gasteiger partial charge on any atom is 0.251 e. The molecule has 0 aliphatic carbocycles. The van der Waals surface area contributed by atoms with Gasteiger partial charge in [-0.25, -0.2) is 0 Å². The molecule has 6 nitrogen and oxygen atoms in total. The van der Waals surface area contributed by atoms with Crippen LogP contribution < -0.4 is 24.8 Å². The number of aryl methyl sites for hydroxylation is 1. The predicted octanol–water partition coefficient (Wildman–Crippen LogP) is 2.54. The lowest BCUT2D eigenvalue weighted by atomic mass is 10.1. The summed E-state index contributed by atoms with van der Waals surface area (Å²) in [5, 5.41) is 6.19. The van der Waals surface area contributed by atoms with Crippen molar-refractivity contribution in [2.24, 2.45) is 0 Å². The Balaban J connectivity index is 1.82. The number of rotatable bonds is 9. The third-order valence-corrected chi connectivity index (χ3v) is 3.95. The van der Waals surface area contributed by atoms with Gasteiger partial charge in [-0.15, -0.1) is 0 Å². The first-order valence-corrected chi connectivity index (χ1v) is 8.43. The standard InChI is InChI=1S/C20H26N2O4/c1-14-5-7-16(8-6-14)20(23)22-10-9-21-13-15-11-17(24-2)19(26-4)18(12-15)25-3/h5-8,11-12,21H,9-10,13H2,1-4H3,(H,22,23). The molecule has 0 fully saturated rings. The molecule has 1 amide bonds. The van der Waals surface area contributed by atoms with Gasteiger partial charge in [-0.3, -0.25) is 4.79 Å². The summed E-state index contributed by atoms with van der Waals surface area (Å²) in [7, 11) is 4.76.